The van der Waals surface area contributed by atoms with E-state index in [-0.39, 0.29) is 12.7 Å². The zero-order chi connectivity index (χ0) is 8.10. The van der Waals surface area contributed by atoms with Gasteiger partial charge in [-0.3, -0.25) is 0 Å². The summed E-state index contributed by atoms with van der Waals surface area (Å²) in [6.07, 6.45) is -0.197. The van der Waals surface area contributed by atoms with Gasteiger partial charge in [0.15, 0.2) is 0 Å². The molecule has 0 saturated heterocycles. The van der Waals surface area contributed by atoms with Gasteiger partial charge in [0, 0.05) is 0 Å². The fraction of sp³-hybridized carbons (Fsp3) is 0.250. The third-order valence-corrected chi connectivity index (χ3v) is 2.06. The van der Waals surface area contributed by atoms with E-state index in [9.17, 15) is 0 Å². The lowest BCUT2D eigenvalue weighted by atomic mass is 10.1. The molecule has 2 nitrogen and oxygen atoms in total. The molecule has 1 atom stereocenters. The molecule has 0 fully saturated rings. The van der Waals surface area contributed by atoms with E-state index in [1.54, 1.807) is 23.0 Å². The van der Waals surface area contributed by atoms with Gasteiger partial charge >= 0.3 is 0 Å². The Balaban J connectivity index is 2.74. The van der Waals surface area contributed by atoms with Gasteiger partial charge in [-0.1, -0.05) is 30.3 Å². The maximum atomic E-state index is 8.85. The van der Waals surface area contributed by atoms with Crippen LogP contribution in [-0.2, 0) is 3.07 Å². The highest BCUT2D eigenvalue weighted by Gasteiger charge is 2.07. The number of rotatable bonds is 3. The van der Waals surface area contributed by atoms with E-state index in [4.69, 9.17) is 8.17 Å². The minimum atomic E-state index is -0.197. The highest BCUT2D eigenvalue weighted by Crippen LogP contribution is 2.18. The summed E-state index contributed by atoms with van der Waals surface area (Å²) in [5, 5.41) is 8.85. The first-order valence-electron chi connectivity index (χ1n) is 3.31. The van der Waals surface area contributed by atoms with Crippen LogP contribution in [0.15, 0.2) is 30.3 Å². The standard InChI is InChI=1S/C8H9IO2/c9-11-8(6-10)7-4-2-1-3-5-7/h1-5,8,10H,6H2. The van der Waals surface area contributed by atoms with E-state index >= 15 is 0 Å². The minimum Gasteiger partial charge on any atom is -0.393 e. The highest BCUT2D eigenvalue weighted by atomic mass is 127. The Hall–Kier alpha value is -0.130. The fourth-order valence-corrected chi connectivity index (χ4v) is 1.31. The van der Waals surface area contributed by atoms with Crippen LogP contribution in [0, 0.1) is 0 Å². The van der Waals surface area contributed by atoms with Crippen LogP contribution in [0.1, 0.15) is 11.7 Å². The molecule has 11 heavy (non-hydrogen) atoms. The molecule has 0 amide bonds. The van der Waals surface area contributed by atoms with Gasteiger partial charge in [-0.15, -0.1) is 0 Å². The summed E-state index contributed by atoms with van der Waals surface area (Å²) in [7, 11) is 0. The van der Waals surface area contributed by atoms with E-state index in [2.05, 4.69) is 0 Å². The van der Waals surface area contributed by atoms with Gasteiger partial charge in [-0.2, -0.15) is 0 Å². The SMILES string of the molecule is OCC(OI)c1ccccc1. The summed E-state index contributed by atoms with van der Waals surface area (Å²) in [6, 6.07) is 9.64. The Bertz CT molecular complexity index is 197. The third kappa shape index (κ3) is 2.43. The smallest absolute Gasteiger partial charge is 0.118 e. The fourth-order valence-electron chi connectivity index (χ4n) is 0.853. The Labute approximate surface area is 79.9 Å². The molecule has 1 unspecified atom stereocenters. The van der Waals surface area contributed by atoms with Crippen molar-refractivity contribution in [1.29, 1.82) is 0 Å². The predicted octanol–water partition coefficient (Wildman–Crippen LogP) is 2.09. The van der Waals surface area contributed by atoms with Crippen molar-refractivity contribution in [2.45, 2.75) is 6.10 Å². The van der Waals surface area contributed by atoms with Gasteiger partial charge in [-0.25, -0.2) is 0 Å². The van der Waals surface area contributed by atoms with Gasteiger partial charge < -0.3 is 8.17 Å². The Kier molecular flexibility index (Phi) is 3.82. The predicted molar refractivity (Wildman–Crippen MR) is 51.4 cm³/mol. The van der Waals surface area contributed by atoms with Crippen molar-refractivity contribution >= 4 is 23.0 Å². The van der Waals surface area contributed by atoms with Crippen molar-refractivity contribution in [3.8, 4) is 0 Å². The normalized spacial score (nSPS) is 12.9. The first kappa shape index (κ1) is 8.96. The maximum Gasteiger partial charge on any atom is 0.118 e. The van der Waals surface area contributed by atoms with Crippen LogP contribution in [0.3, 0.4) is 0 Å². The number of aliphatic hydroxyl groups is 1. The Morgan fingerprint density at radius 1 is 1.36 bits per heavy atom. The second-order valence-corrected chi connectivity index (χ2v) is 2.68. The molecule has 1 aromatic rings. The molecule has 1 N–H and O–H groups in total. The van der Waals surface area contributed by atoms with Gasteiger partial charge in [0.2, 0.25) is 0 Å². The molecular weight excluding hydrogens is 255 g/mol. The minimum absolute atomic E-state index is 0.0208. The molecule has 0 radical (unpaired) electrons. The van der Waals surface area contributed by atoms with Crippen LogP contribution in [0.2, 0.25) is 0 Å². The summed E-state index contributed by atoms with van der Waals surface area (Å²) in [6.45, 7) is 0.0208. The number of hydrogen-bond donors (Lipinski definition) is 1. The summed E-state index contributed by atoms with van der Waals surface area (Å²) >= 11 is 1.79. The lowest BCUT2D eigenvalue weighted by Gasteiger charge is -2.09. The molecule has 0 bridgehead atoms. The average molecular weight is 264 g/mol. The van der Waals surface area contributed by atoms with Gasteiger partial charge in [-0.05, 0) is 5.56 Å². The van der Waals surface area contributed by atoms with Crippen LogP contribution in [0.4, 0.5) is 0 Å². The molecule has 3 heteroatoms. The average Bonchev–Trinajstić information content (AvgIpc) is 2.09. The monoisotopic (exact) mass is 264 g/mol. The summed E-state index contributed by atoms with van der Waals surface area (Å²) < 4.78 is 5.01. The van der Waals surface area contributed by atoms with E-state index in [0.29, 0.717) is 0 Å². The molecule has 0 aromatic heterocycles. The number of halogens is 1. The molecule has 0 heterocycles. The van der Waals surface area contributed by atoms with Gasteiger partial charge in [0.1, 0.15) is 29.1 Å². The summed E-state index contributed by atoms with van der Waals surface area (Å²) in [5.41, 5.74) is 1.00. The first-order valence-corrected chi connectivity index (χ1v) is 4.19. The molecular formula is C8H9IO2. The van der Waals surface area contributed by atoms with Crippen LogP contribution >= 0.6 is 23.0 Å². The van der Waals surface area contributed by atoms with E-state index in [1.807, 2.05) is 30.3 Å². The molecule has 1 rings (SSSR count). The van der Waals surface area contributed by atoms with Crippen molar-refractivity contribution in [2.24, 2.45) is 0 Å². The molecule has 0 saturated carbocycles. The Morgan fingerprint density at radius 3 is 2.45 bits per heavy atom. The number of aliphatic hydroxyl groups excluding tert-OH is 1. The molecule has 0 spiro atoms. The zero-order valence-electron chi connectivity index (χ0n) is 5.90. The molecule has 1 aromatic carbocycles. The van der Waals surface area contributed by atoms with Crippen molar-refractivity contribution in [3.63, 3.8) is 0 Å². The topological polar surface area (TPSA) is 29.5 Å². The van der Waals surface area contributed by atoms with Crippen molar-refractivity contribution < 1.29 is 8.17 Å². The largest absolute Gasteiger partial charge is 0.393 e. The van der Waals surface area contributed by atoms with Crippen molar-refractivity contribution in [1.82, 2.24) is 0 Å². The lowest BCUT2D eigenvalue weighted by molar-refractivity contribution is 0.157. The zero-order valence-corrected chi connectivity index (χ0v) is 8.06. The maximum absolute atomic E-state index is 8.85. The van der Waals surface area contributed by atoms with Crippen molar-refractivity contribution in [3.05, 3.63) is 35.9 Å². The van der Waals surface area contributed by atoms with Crippen LogP contribution < -0.4 is 0 Å². The second-order valence-electron chi connectivity index (χ2n) is 2.17. The van der Waals surface area contributed by atoms with E-state index in [0.717, 1.165) is 5.56 Å². The summed E-state index contributed by atoms with van der Waals surface area (Å²) in [4.78, 5) is 0. The number of hydrogen-bond acceptors (Lipinski definition) is 2. The van der Waals surface area contributed by atoms with Gasteiger partial charge in [0.25, 0.3) is 0 Å². The Morgan fingerprint density at radius 2 is 2.00 bits per heavy atom. The molecule has 0 aliphatic carbocycles. The summed E-state index contributed by atoms with van der Waals surface area (Å²) in [5.74, 6) is 0. The van der Waals surface area contributed by atoms with E-state index < -0.39 is 0 Å². The van der Waals surface area contributed by atoms with Crippen molar-refractivity contribution in [2.75, 3.05) is 6.61 Å². The lowest BCUT2D eigenvalue weighted by Crippen LogP contribution is -2.02. The second kappa shape index (κ2) is 4.69. The molecule has 60 valence electrons. The van der Waals surface area contributed by atoms with E-state index in [1.165, 1.54) is 0 Å². The van der Waals surface area contributed by atoms with Crippen LogP contribution in [0.5, 0.6) is 0 Å². The highest BCUT2D eigenvalue weighted by molar-refractivity contribution is 14.1. The first-order chi connectivity index (χ1) is 5.38. The van der Waals surface area contributed by atoms with Gasteiger partial charge in [0.05, 0.1) is 6.61 Å². The number of benzene rings is 1. The molecule has 0 aliphatic rings. The quantitative estimate of drug-likeness (QED) is 0.847. The molecule has 0 aliphatic heterocycles. The van der Waals surface area contributed by atoms with Crippen LogP contribution in [0.25, 0.3) is 0 Å². The van der Waals surface area contributed by atoms with Crippen LogP contribution in [-0.4, -0.2) is 11.7 Å². The third-order valence-electron chi connectivity index (χ3n) is 1.44.